The molecule has 0 unspecified atom stereocenters. The molecule has 5 N–H and O–H groups in total. The van der Waals surface area contributed by atoms with Crippen LogP contribution in [0.1, 0.15) is 37.8 Å². The smallest absolute Gasteiger partial charge is 1.00 e. The van der Waals surface area contributed by atoms with Crippen LogP contribution in [0, 0.1) is 0 Å². The number of aromatic hydroxyl groups is 1. The first kappa shape index (κ1) is 49.8. The Morgan fingerprint density at radius 2 is 1.23 bits per heavy atom. The SMILES string of the molecule is CCOC(=O)N1Cc2nc(N)nc(Cl)c2C1.CCOC(=O)N1Cc2nc(N)nc(Oc3ccc(Cl)cc3)c2C1.O=CO[O-].Oc1ccc(Cl)cc1.[Cs+].[Cs+].[H-]. The fourth-order valence-corrected chi connectivity index (χ4v) is 4.81. The summed E-state index contributed by atoms with van der Waals surface area (Å²) in [5.74, 6) is 1.37. The molecular formula is C31H33Cl3Cs2N8O9. The van der Waals surface area contributed by atoms with Crippen molar-refractivity contribution in [3.8, 4) is 17.4 Å². The summed E-state index contributed by atoms with van der Waals surface area (Å²) in [6.07, 6.45) is -0.781. The Hall–Kier alpha value is -1.26. The van der Waals surface area contributed by atoms with Gasteiger partial charge >= 0.3 is 150 Å². The van der Waals surface area contributed by atoms with E-state index in [1.54, 1.807) is 62.4 Å². The number of phenolic OH excluding ortho intramolecular Hbond substituents is 1. The number of rotatable bonds is 5. The summed E-state index contributed by atoms with van der Waals surface area (Å²) < 4.78 is 15.7. The van der Waals surface area contributed by atoms with Crippen LogP contribution >= 0.6 is 34.8 Å². The van der Waals surface area contributed by atoms with Gasteiger partial charge in [-0.15, -0.1) is 0 Å². The molecular weight excluding hydrogens is 1000 g/mol. The van der Waals surface area contributed by atoms with Crippen LogP contribution in [0.3, 0.4) is 0 Å². The molecule has 0 saturated carbocycles. The van der Waals surface area contributed by atoms with E-state index in [0.717, 1.165) is 11.1 Å². The number of carbonyl (C=O) groups is 3. The molecule has 0 fully saturated rings. The summed E-state index contributed by atoms with van der Waals surface area (Å²) in [5, 5.41) is 18.7. The summed E-state index contributed by atoms with van der Waals surface area (Å²) in [6, 6.07) is 13.2. The van der Waals surface area contributed by atoms with E-state index in [4.69, 9.17) is 75.6 Å². The Bertz CT molecular complexity index is 1790. The standard InChI is InChI=1S/C15H15ClN4O3.C9H11ClN4O2.C6H5ClO.CH2O3.2Cs.H/c1-2-22-15(21)20-7-11-12(8-20)18-14(17)19-13(11)23-10-5-3-9(16)4-6-10;1-2-16-9(15)14-3-5-6(4-14)12-8(11)13-7(5)10;7-5-1-3-6(8)4-2-5;2-1-4-3;;;/h3-6H,2,7-8H2,1H3,(H2,17,18,19);2-4H2,1H3,(H2,11,12,13);1-4,8H;1,3H;;;/q;;;;2*+1;-1/p-1. The molecule has 2 aromatic heterocycles. The number of amides is 2. The van der Waals surface area contributed by atoms with Gasteiger partial charge in [-0.25, -0.2) is 24.5 Å². The zero-order valence-corrected chi connectivity index (χ0v) is 44.0. The van der Waals surface area contributed by atoms with E-state index in [1.165, 1.54) is 9.80 Å². The molecule has 0 spiro atoms. The largest absolute Gasteiger partial charge is 1.00 e. The van der Waals surface area contributed by atoms with Crippen LogP contribution in [0.4, 0.5) is 21.5 Å². The number of halogens is 3. The van der Waals surface area contributed by atoms with Crippen molar-refractivity contribution >= 4 is 65.4 Å². The van der Waals surface area contributed by atoms with Crippen LogP contribution in [0.2, 0.25) is 15.2 Å². The summed E-state index contributed by atoms with van der Waals surface area (Å²) in [6.45, 7) is 5.35. The quantitative estimate of drug-likeness (QED) is 0.0918. The number of nitrogen functional groups attached to an aromatic ring is 2. The van der Waals surface area contributed by atoms with Crippen molar-refractivity contribution in [2.75, 3.05) is 24.7 Å². The number of carbonyl (C=O) groups excluding carboxylic acids is 3. The molecule has 0 bridgehead atoms. The van der Waals surface area contributed by atoms with Crippen molar-refractivity contribution in [3.63, 3.8) is 0 Å². The maximum Gasteiger partial charge on any atom is 1.00 e. The van der Waals surface area contributed by atoms with Gasteiger partial charge in [0.1, 0.15) is 16.7 Å². The minimum absolute atomic E-state index is 0. The second kappa shape index (κ2) is 25.8. The number of nitrogens with two attached hydrogens (primary N) is 2. The second-order valence-electron chi connectivity index (χ2n) is 9.94. The molecule has 6 rings (SSSR count). The van der Waals surface area contributed by atoms with Crippen LogP contribution in [0.25, 0.3) is 0 Å². The third-order valence-corrected chi connectivity index (χ3v) is 7.27. The molecule has 2 aliphatic rings. The summed E-state index contributed by atoms with van der Waals surface area (Å²) in [4.78, 5) is 53.8. The summed E-state index contributed by atoms with van der Waals surface area (Å²) in [5.41, 5.74) is 14.0. The van der Waals surface area contributed by atoms with Gasteiger partial charge in [0.2, 0.25) is 17.8 Å². The van der Waals surface area contributed by atoms with Gasteiger partial charge in [0.15, 0.2) is 0 Å². The Balaban J connectivity index is 0.000000788. The molecule has 0 radical (unpaired) electrons. The van der Waals surface area contributed by atoms with Crippen molar-refractivity contribution < 1.29 is 183 Å². The van der Waals surface area contributed by atoms with Gasteiger partial charge in [0.05, 0.1) is 56.3 Å². The van der Waals surface area contributed by atoms with Crippen molar-refractivity contribution in [1.82, 2.24) is 29.7 Å². The van der Waals surface area contributed by atoms with E-state index in [2.05, 4.69) is 24.8 Å². The topological polar surface area (TPSA) is 241 Å². The molecule has 2 aliphatic heterocycles. The molecule has 2 amide bonds. The van der Waals surface area contributed by atoms with Crippen molar-refractivity contribution in [2.24, 2.45) is 0 Å². The second-order valence-corrected chi connectivity index (χ2v) is 11.2. The molecule has 0 aliphatic carbocycles. The molecule has 0 atom stereocenters. The van der Waals surface area contributed by atoms with Crippen molar-refractivity contribution in [2.45, 2.75) is 40.0 Å². The van der Waals surface area contributed by atoms with E-state index in [1.807, 2.05) is 0 Å². The first-order valence-corrected chi connectivity index (χ1v) is 15.9. The van der Waals surface area contributed by atoms with Gasteiger partial charge in [-0.2, -0.15) is 4.98 Å². The average Bonchev–Trinajstić information content (AvgIpc) is 3.73. The number of hydrogen-bond donors (Lipinski definition) is 3. The maximum atomic E-state index is 11.9. The zero-order chi connectivity index (χ0) is 37.5. The first-order valence-electron chi connectivity index (χ1n) is 14.8. The van der Waals surface area contributed by atoms with Gasteiger partial charge in [-0.05, 0) is 62.4 Å². The third-order valence-electron chi connectivity index (χ3n) is 6.46. The van der Waals surface area contributed by atoms with Gasteiger partial charge in [-0.3, -0.25) is 14.6 Å². The van der Waals surface area contributed by atoms with E-state index in [0.29, 0.717) is 77.6 Å². The molecule has 4 aromatic rings. The minimum Gasteiger partial charge on any atom is -1.00 e. The molecule has 22 heteroatoms. The number of aromatic nitrogens is 4. The van der Waals surface area contributed by atoms with E-state index >= 15 is 0 Å². The molecule has 0 saturated heterocycles. The average molecular weight is 1030 g/mol. The number of phenols is 1. The number of benzene rings is 2. The molecule has 53 heavy (non-hydrogen) atoms. The predicted molar refractivity (Wildman–Crippen MR) is 183 cm³/mol. The van der Waals surface area contributed by atoms with Gasteiger partial charge < -0.3 is 42.4 Å². The van der Waals surface area contributed by atoms with Crippen LogP contribution in [0.15, 0.2) is 48.5 Å². The predicted octanol–water partition coefficient (Wildman–Crippen LogP) is -1.24. The van der Waals surface area contributed by atoms with Gasteiger partial charge in [0.25, 0.3) is 6.47 Å². The van der Waals surface area contributed by atoms with Crippen LogP contribution in [0.5, 0.6) is 17.4 Å². The first-order chi connectivity index (χ1) is 24.4. The van der Waals surface area contributed by atoms with Crippen LogP contribution in [-0.4, -0.2) is 66.7 Å². The van der Waals surface area contributed by atoms with Gasteiger partial charge in [0, 0.05) is 15.6 Å². The monoisotopic (exact) mass is 1030 g/mol. The van der Waals surface area contributed by atoms with E-state index in [9.17, 15) is 9.59 Å². The zero-order valence-electron chi connectivity index (χ0n) is 30.1. The van der Waals surface area contributed by atoms with Crippen molar-refractivity contribution in [3.05, 3.63) is 86.2 Å². The van der Waals surface area contributed by atoms with Crippen molar-refractivity contribution in [1.29, 1.82) is 0 Å². The maximum absolute atomic E-state index is 11.9. The van der Waals surface area contributed by atoms with Crippen LogP contribution < -0.4 is 159 Å². The fraction of sp³-hybridized carbons (Fsp3) is 0.258. The normalized spacial score (nSPS) is 11.5. The molecule has 2 aromatic carbocycles. The Labute approximate surface area is 438 Å². The number of hydrogen-bond acceptors (Lipinski definition) is 15. The van der Waals surface area contributed by atoms with Crippen LogP contribution in [-0.2, 0) is 45.3 Å². The summed E-state index contributed by atoms with van der Waals surface area (Å²) >= 11 is 17.3. The fourth-order valence-electron chi connectivity index (χ4n) is 4.30. The third kappa shape index (κ3) is 16.4. The number of anilines is 2. The molecule has 4 heterocycles. The summed E-state index contributed by atoms with van der Waals surface area (Å²) in [7, 11) is 0. The Morgan fingerprint density at radius 1 is 0.792 bits per heavy atom. The number of nitrogens with zero attached hydrogens (tertiary/aromatic N) is 6. The molecule has 274 valence electrons. The number of fused-ring (bicyclic) bond motifs is 2. The number of ether oxygens (including phenoxy) is 3. The van der Waals surface area contributed by atoms with E-state index in [-0.39, 0.29) is 169 Å². The minimum atomic E-state index is -0.401. The van der Waals surface area contributed by atoms with E-state index < -0.39 is 6.09 Å². The Kier molecular flexibility index (Phi) is 24.2. The molecule has 17 nitrogen and oxygen atoms in total. The Morgan fingerprint density at radius 3 is 1.68 bits per heavy atom. The van der Waals surface area contributed by atoms with Gasteiger partial charge in [-0.1, -0.05) is 34.8 Å².